The number of hydrogen-bond donors (Lipinski definition) is 1. The van der Waals surface area contributed by atoms with Crippen molar-refractivity contribution in [2.75, 3.05) is 0 Å². The maximum atomic E-state index is 11.8. The molecule has 0 amide bonds. The molecule has 20 heavy (non-hydrogen) atoms. The first-order valence-electron chi connectivity index (χ1n) is 6.85. The summed E-state index contributed by atoms with van der Waals surface area (Å²) in [6, 6.07) is 15.8. The van der Waals surface area contributed by atoms with Gasteiger partial charge in [-0.3, -0.25) is 4.79 Å². The summed E-state index contributed by atoms with van der Waals surface area (Å²) in [6.07, 6.45) is 0. The summed E-state index contributed by atoms with van der Waals surface area (Å²) < 4.78 is 0. The standard InChI is InChI=1S/C18H20O2/c1-12-9-10-13(2)16(11-12)17(18(19)20)14(3)15-7-5-4-6-8-15/h4-11,14,17H,1-3H3,(H,19,20). The van der Waals surface area contributed by atoms with Gasteiger partial charge in [-0.25, -0.2) is 0 Å². The predicted molar refractivity (Wildman–Crippen MR) is 81.1 cm³/mol. The van der Waals surface area contributed by atoms with Crippen LogP contribution in [0.4, 0.5) is 0 Å². The molecule has 2 aromatic rings. The fourth-order valence-corrected chi connectivity index (χ4v) is 2.66. The van der Waals surface area contributed by atoms with Gasteiger partial charge in [0, 0.05) is 0 Å². The van der Waals surface area contributed by atoms with Crippen LogP contribution in [0.3, 0.4) is 0 Å². The smallest absolute Gasteiger partial charge is 0.311 e. The van der Waals surface area contributed by atoms with Gasteiger partial charge in [-0.2, -0.15) is 0 Å². The van der Waals surface area contributed by atoms with Crippen LogP contribution in [0.5, 0.6) is 0 Å². The highest BCUT2D eigenvalue weighted by Crippen LogP contribution is 2.34. The van der Waals surface area contributed by atoms with E-state index >= 15 is 0 Å². The van der Waals surface area contributed by atoms with Crippen molar-refractivity contribution in [1.82, 2.24) is 0 Å². The maximum Gasteiger partial charge on any atom is 0.311 e. The third-order valence-electron chi connectivity index (χ3n) is 3.86. The van der Waals surface area contributed by atoms with Crippen molar-refractivity contribution >= 4 is 5.97 Å². The molecule has 0 aliphatic carbocycles. The zero-order chi connectivity index (χ0) is 14.7. The summed E-state index contributed by atoms with van der Waals surface area (Å²) in [4.78, 5) is 11.8. The highest BCUT2D eigenvalue weighted by atomic mass is 16.4. The van der Waals surface area contributed by atoms with Gasteiger partial charge in [-0.1, -0.05) is 61.0 Å². The molecule has 2 unspecified atom stereocenters. The van der Waals surface area contributed by atoms with Crippen LogP contribution in [0.15, 0.2) is 48.5 Å². The Bertz CT molecular complexity index is 602. The molecular weight excluding hydrogens is 248 g/mol. The molecule has 104 valence electrons. The number of benzene rings is 2. The van der Waals surface area contributed by atoms with E-state index in [9.17, 15) is 9.90 Å². The Hall–Kier alpha value is -2.09. The Morgan fingerprint density at radius 1 is 1.05 bits per heavy atom. The summed E-state index contributed by atoms with van der Waals surface area (Å²) in [7, 11) is 0. The number of hydrogen-bond acceptors (Lipinski definition) is 1. The van der Waals surface area contributed by atoms with E-state index in [1.165, 1.54) is 0 Å². The van der Waals surface area contributed by atoms with Crippen LogP contribution in [-0.4, -0.2) is 11.1 Å². The lowest BCUT2D eigenvalue weighted by Gasteiger charge is -2.23. The van der Waals surface area contributed by atoms with Crippen LogP contribution < -0.4 is 0 Å². The van der Waals surface area contributed by atoms with Gasteiger partial charge in [0.15, 0.2) is 0 Å². The molecule has 0 bridgehead atoms. The number of aryl methyl sites for hydroxylation is 2. The van der Waals surface area contributed by atoms with Gasteiger partial charge in [-0.05, 0) is 36.5 Å². The fraction of sp³-hybridized carbons (Fsp3) is 0.278. The minimum atomic E-state index is -0.768. The number of carboxylic acids is 1. The number of carbonyl (C=O) groups is 1. The van der Waals surface area contributed by atoms with E-state index in [1.54, 1.807) is 0 Å². The molecule has 2 rings (SSSR count). The quantitative estimate of drug-likeness (QED) is 0.898. The zero-order valence-corrected chi connectivity index (χ0v) is 12.1. The molecule has 0 spiro atoms. The van der Waals surface area contributed by atoms with Crippen molar-refractivity contribution in [2.24, 2.45) is 0 Å². The molecule has 1 N–H and O–H groups in total. The average Bonchev–Trinajstić information content (AvgIpc) is 2.43. The van der Waals surface area contributed by atoms with E-state index in [1.807, 2.05) is 69.3 Å². The maximum absolute atomic E-state index is 11.8. The largest absolute Gasteiger partial charge is 0.481 e. The van der Waals surface area contributed by atoms with Gasteiger partial charge < -0.3 is 5.11 Å². The highest BCUT2D eigenvalue weighted by Gasteiger charge is 2.28. The van der Waals surface area contributed by atoms with Crippen molar-refractivity contribution in [2.45, 2.75) is 32.6 Å². The monoisotopic (exact) mass is 268 g/mol. The molecule has 2 atom stereocenters. The second-order valence-electron chi connectivity index (χ2n) is 5.38. The molecule has 0 aromatic heterocycles. The number of rotatable bonds is 4. The molecule has 0 aliphatic heterocycles. The average molecular weight is 268 g/mol. The van der Waals surface area contributed by atoms with Crippen LogP contribution in [0.1, 0.15) is 41.0 Å². The molecule has 0 heterocycles. The molecule has 0 radical (unpaired) electrons. The van der Waals surface area contributed by atoms with E-state index in [0.717, 1.165) is 22.3 Å². The molecular formula is C18H20O2. The molecule has 2 aromatic carbocycles. The molecule has 0 fully saturated rings. The van der Waals surface area contributed by atoms with Crippen molar-refractivity contribution in [3.8, 4) is 0 Å². The first kappa shape index (κ1) is 14.3. The van der Waals surface area contributed by atoms with Crippen LogP contribution in [-0.2, 0) is 4.79 Å². The normalized spacial score (nSPS) is 13.8. The van der Waals surface area contributed by atoms with Crippen LogP contribution in [0.25, 0.3) is 0 Å². The van der Waals surface area contributed by atoms with Gasteiger partial charge in [0.05, 0.1) is 5.92 Å². The van der Waals surface area contributed by atoms with E-state index in [-0.39, 0.29) is 5.92 Å². The van der Waals surface area contributed by atoms with E-state index in [4.69, 9.17) is 0 Å². The van der Waals surface area contributed by atoms with E-state index in [2.05, 4.69) is 0 Å². The Balaban J connectivity index is 2.47. The molecule has 2 heteroatoms. The van der Waals surface area contributed by atoms with Gasteiger partial charge in [0.25, 0.3) is 0 Å². The van der Waals surface area contributed by atoms with Crippen LogP contribution in [0.2, 0.25) is 0 Å². The van der Waals surface area contributed by atoms with Gasteiger partial charge >= 0.3 is 5.97 Å². The van der Waals surface area contributed by atoms with Crippen molar-refractivity contribution < 1.29 is 9.90 Å². The highest BCUT2D eigenvalue weighted by molar-refractivity contribution is 5.78. The van der Waals surface area contributed by atoms with E-state index in [0.29, 0.717) is 0 Å². The SMILES string of the molecule is Cc1ccc(C)c(C(C(=O)O)C(C)c2ccccc2)c1. The van der Waals surface area contributed by atoms with Crippen LogP contribution in [0, 0.1) is 13.8 Å². The Labute approximate surface area is 120 Å². The molecule has 0 saturated heterocycles. The molecule has 2 nitrogen and oxygen atoms in total. The van der Waals surface area contributed by atoms with Crippen molar-refractivity contribution in [3.63, 3.8) is 0 Å². The van der Waals surface area contributed by atoms with Gasteiger partial charge in [-0.15, -0.1) is 0 Å². The first-order valence-corrected chi connectivity index (χ1v) is 6.85. The Kier molecular flexibility index (Phi) is 4.23. The minimum Gasteiger partial charge on any atom is -0.481 e. The predicted octanol–water partition coefficient (Wildman–Crippen LogP) is 4.28. The first-order chi connectivity index (χ1) is 9.50. The number of carboxylic acid groups (broad SMARTS) is 1. The lowest BCUT2D eigenvalue weighted by atomic mass is 9.80. The van der Waals surface area contributed by atoms with Crippen molar-refractivity contribution in [1.29, 1.82) is 0 Å². The second-order valence-corrected chi connectivity index (χ2v) is 5.38. The second kappa shape index (κ2) is 5.91. The van der Waals surface area contributed by atoms with Gasteiger partial charge in [0.2, 0.25) is 0 Å². The topological polar surface area (TPSA) is 37.3 Å². The van der Waals surface area contributed by atoms with Crippen molar-refractivity contribution in [3.05, 3.63) is 70.8 Å². The summed E-state index contributed by atoms with van der Waals surface area (Å²) in [5, 5.41) is 9.67. The summed E-state index contributed by atoms with van der Waals surface area (Å²) >= 11 is 0. The molecule has 0 saturated carbocycles. The third-order valence-corrected chi connectivity index (χ3v) is 3.86. The lowest BCUT2D eigenvalue weighted by molar-refractivity contribution is -0.139. The summed E-state index contributed by atoms with van der Waals surface area (Å²) in [5.41, 5.74) is 4.09. The Morgan fingerprint density at radius 2 is 1.70 bits per heavy atom. The Morgan fingerprint density at radius 3 is 2.30 bits per heavy atom. The van der Waals surface area contributed by atoms with Crippen LogP contribution >= 0.6 is 0 Å². The van der Waals surface area contributed by atoms with Gasteiger partial charge in [0.1, 0.15) is 0 Å². The van der Waals surface area contributed by atoms with E-state index < -0.39 is 11.9 Å². The molecule has 0 aliphatic rings. The third kappa shape index (κ3) is 2.90. The fourth-order valence-electron chi connectivity index (χ4n) is 2.66. The lowest BCUT2D eigenvalue weighted by Crippen LogP contribution is -2.19. The summed E-state index contributed by atoms with van der Waals surface area (Å²) in [5.74, 6) is -1.35. The summed E-state index contributed by atoms with van der Waals surface area (Å²) in [6.45, 7) is 5.95. The number of aliphatic carboxylic acids is 1. The zero-order valence-electron chi connectivity index (χ0n) is 12.1. The minimum absolute atomic E-state index is 0.0609.